The molecule has 0 saturated heterocycles. The van der Waals surface area contributed by atoms with E-state index in [1.807, 2.05) is 12.4 Å². The number of hydrogen-bond acceptors (Lipinski definition) is 2. The normalized spacial score (nSPS) is 13.4. The predicted molar refractivity (Wildman–Crippen MR) is 104 cm³/mol. The number of pyridine rings is 1. The zero-order valence-electron chi connectivity index (χ0n) is 16.2. The van der Waals surface area contributed by atoms with Crippen LogP contribution in [0.5, 0.6) is 0 Å². The summed E-state index contributed by atoms with van der Waals surface area (Å²) in [7, 11) is -1.71. The van der Waals surface area contributed by atoms with E-state index in [0.717, 1.165) is 12.8 Å². The van der Waals surface area contributed by atoms with Crippen molar-refractivity contribution < 1.29 is 4.43 Å². The van der Waals surface area contributed by atoms with Crippen LogP contribution in [-0.4, -0.2) is 13.3 Å². The average molecular weight is 334 g/mol. The lowest BCUT2D eigenvalue weighted by molar-refractivity contribution is 0.276. The van der Waals surface area contributed by atoms with Gasteiger partial charge < -0.3 is 4.43 Å². The Morgan fingerprint density at radius 3 is 2.43 bits per heavy atom. The van der Waals surface area contributed by atoms with Crippen LogP contribution in [0.15, 0.2) is 24.5 Å². The Morgan fingerprint density at radius 1 is 1.17 bits per heavy atom. The van der Waals surface area contributed by atoms with Gasteiger partial charge in [-0.3, -0.25) is 4.98 Å². The second-order valence-corrected chi connectivity index (χ2v) is 12.7. The largest absolute Gasteiger partial charge is 0.413 e. The summed E-state index contributed by atoms with van der Waals surface area (Å²) >= 11 is 0. The molecule has 130 valence electrons. The third kappa shape index (κ3) is 6.23. The van der Waals surface area contributed by atoms with Gasteiger partial charge in [0.2, 0.25) is 0 Å². The molecule has 1 aromatic heterocycles. The Kier molecular flexibility index (Phi) is 7.69. The number of unbranched alkanes of at least 4 members (excludes halogenated alkanes) is 1. The summed E-state index contributed by atoms with van der Waals surface area (Å²) in [5.41, 5.74) is 3.87. The van der Waals surface area contributed by atoms with E-state index in [9.17, 15) is 0 Å². The second kappa shape index (κ2) is 8.79. The first-order chi connectivity index (χ1) is 10.7. The van der Waals surface area contributed by atoms with Gasteiger partial charge in [0.25, 0.3) is 0 Å². The zero-order chi connectivity index (χ0) is 17.5. The van der Waals surface area contributed by atoms with E-state index in [-0.39, 0.29) is 5.04 Å². The standard InChI is InChI=1S/C20H35NOSi/c1-8-10-12-18(11-9-2)19-13-17(14-21-15-19)16-22-23(6,7)20(3,4)5/h12-15H,8-11,16H2,1-7H3/b18-12+. The van der Waals surface area contributed by atoms with Crippen LogP contribution in [0, 0.1) is 0 Å². The minimum atomic E-state index is -1.71. The maximum absolute atomic E-state index is 6.34. The first-order valence-electron chi connectivity index (χ1n) is 8.98. The van der Waals surface area contributed by atoms with E-state index in [1.54, 1.807) is 0 Å². The van der Waals surface area contributed by atoms with Gasteiger partial charge in [0.1, 0.15) is 0 Å². The second-order valence-electron chi connectivity index (χ2n) is 7.90. The summed E-state index contributed by atoms with van der Waals surface area (Å²) in [4.78, 5) is 4.45. The molecule has 2 nitrogen and oxygen atoms in total. The molecule has 1 rings (SSSR count). The van der Waals surface area contributed by atoms with Crippen molar-refractivity contribution in [2.45, 2.75) is 85.0 Å². The van der Waals surface area contributed by atoms with Crippen LogP contribution in [0.25, 0.3) is 5.57 Å². The summed E-state index contributed by atoms with van der Waals surface area (Å²) in [6.45, 7) is 16.6. The molecular weight excluding hydrogens is 298 g/mol. The zero-order valence-corrected chi connectivity index (χ0v) is 17.2. The lowest BCUT2D eigenvalue weighted by atomic mass is 10.0. The summed E-state index contributed by atoms with van der Waals surface area (Å²) in [5.74, 6) is 0. The molecule has 0 aromatic carbocycles. The van der Waals surface area contributed by atoms with Crippen LogP contribution in [-0.2, 0) is 11.0 Å². The summed E-state index contributed by atoms with van der Waals surface area (Å²) in [5, 5.41) is 0.242. The van der Waals surface area contributed by atoms with E-state index in [1.165, 1.54) is 29.5 Å². The molecule has 0 aliphatic heterocycles. The van der Waals surface area contributed by atoms with Gasteiger partial charge in [0.15, 0.2) is 8.32 Å². The third-order valence-electron chi connectivity index (χ3n) is 4.77. The molecule has 0 amide bonds. The number of hydrogen-bond donors (Lipinski definition) is 0. The van der Waals surface area contributed by atoms with Gasteiger partial charge in [-0.05, 0) is 53.7 Å². The molecule has 0 bridgehead atoms. The van der Waals surface area contributed by atoms with Gasteiger partial charge in [-0.25, -0.2) is 0 Å². The molecule has 0 atom stereocenters. The highest BCUT2D eigenvalue weighted by Gasteiger charge is 2.37. The SMILES string of the molecule is CCC/C=C(\CCC)c1cncc(CO[Si](C)(C)C(C)(C)C)c1. The van der Waals surface area contributed by atoms with Crippen molar-refractivity contribution in [3.8, 4) is 0 Å². The first-order valence-corrected chi connectivity index (χ1v) is 11.9. The number of nitrogens with zero attached hydrogens (tertiary/aromatic N) is 1. The minimum Gasteiger partial charge on any atom is -0.413 e. The van der Waals surface area contributed by atoms with Crippen molar-refractivity contribution in [3.05, 3.63) is 35.7 Å². The minimum absolute atomic E-state index is 0.242. The van der Waals surface area contributed by atoms with Gasteiger partial charge in [-0.2, -0.15) is 0 Å². The molecule has 0 aliphatic rings. The highest BCUT2D eigenvalue weighted by atomic mass is 28.4. The van der Waals surface area contributed by atoms with E-state index >= 15 is 0 Å². The number of rotatable bonds is 8. The summed E-state index contributed by atoms with van der Waals surface area (Å²) < 4.78 is 6.34. The van der Waals surface area contributed by atoms with Crippen molar-refractivity contribution >= 4 is 13.9 Å². The number of allylic oxidation sites excluding steroid dienone is 2. The van der Waals surface area contributed by atoms with Crippen molar-refractivity contribution in [2.75, 3.05) is 0 Å². The highest BCUT2D eigenvalue weighted by molar-refractivity contribution is 6.74. The van der Waals surface area contributed by atoms with Crippen molar-refractivity contribution in [3.63, 3.8) is 0 Å². The van der Waals surface area contributed by atoms with Gasteiger partial charge in [-0.1, -0.05) is 53.5 Å². The van der Waals surface area contributed by atoms with Gasteiger partial charge >= 0.3 is 0 Å². The van der Waals surface area contributed by atoms with Crippen LogP contribution < -0.4 is 0 Å². The fraction of sp³-hybridized carbons (Fsp3) is 0.650. The van der Waals surface area contributed by atoms with Crippen LogP contribution in [0.1, 0.15) is 71.4 Å². The smallest absolute Gasteiger partial charge is 0.192 e. The summed E-state index contributed by atoms with van der Waals surface area (Å²) in [6, 6.07) is 2.26. The van der Waals surface area contributed by atoms with E-state index in [2.05, 4.69) is 64.8 Å². The van der Waals surface area contributed by atoms with Crippen molar-refractivity contribution in [1.29, 1.82) is 0 Å². The fourth-order valence-corrected chi connectivity index (χ4v) is 3.14. The quantitative estimate of drug-likeness (QED) is 0.501. The van der Waals surface area contributed by atoms with Gasteiger partial charge in [0, 0.05) is 12.4 Å². The molecular formula is C20H35NOSi. The molecule has 0 saturated carbocycles. The highest BCUT2D eigenvalue weighted by Crippen LogP contribution is 2.37. The van der Waals surface area contributed by atoms with Crippen molar-refractivity contribution in [2.24, 2.45) is 0 Å². The summed E-state index contributed by atoms with van der Waals surface area (Å²) in [6.07, 6.45) is 10.9. The van der Waals surface area contributed by atoms with Crippen molar-refractivity contribution in [1.82, 2.24) is 4.98 Å². The lowest BCUT2D eigenvalue weighted by Crippen LogP contribution is -2.40. The number of aromatic nitrogens is 1. The Balaban J connectivity index is 2.88. The fourth-order valence-electron chi connectivity index (χ4n) is 2.17. The molecule has 1 heterocycles. The van der Waals surface area contributed by atoms with Gasteiger partial charge in [-0.15, -0.1) is 0 Å². The van der Waals surface area contributed by atoms with Crippen LogP contribution >= 0.6 is 0 Å². The van der Waals surface area contributed by atoms with E-state index in [0.29, 0.717) is 6.61 Å². The van der Waals surface area contributed by atoms with E-state index < -0.39 is 8.32 Å². The maximum atomic E-state index is 6.34. The Bertz CT molecular complexity index is 515. The molecule has 3 heteroatoms. The Labute approximate surface area is 144 Å². The van der Waals surface area contributed by atoms with Gasteiger partial charge in [0.05, 0.1) is 6.61 Å². The molecule has 0 spiro atoms. The van der Waals surface area contributed by atoms with Crippen LogP contribution in [0.4, 0.5) is 0 Å². The molecule has 0 N–H and O–H groups in total. The molecule has 0 aliphatic carbocycles. The third-order valence-corrected chi connectivity index (χ3v) is 9.25. The first kappa shape index (κ1) is 20.1. The Morgan fingerprint density at radius 2 is 1.87 bits per heavy atom. The maximum Gasteiger partial charge on any atom is 0.192 e. The molecule has 0 radical (unpaired) electrons. The molecule has 1 aromatic rings. The molecule has 0 fully saturated rings. The van der Waals surface area contributed by atoms with E-state index in [4.69, 9.17) is 4.43 Å². The predicted octanol–water partition coefficient (Wildman–Crippen LogP) is 6.59. The average Bonchev–Trinajstić information content (AvgIpc) is 2.48. The topological polar surface area (TPSA) is 22.1 Å². The van der Waals surface area contributed by atoms with Crippen LogP contribution in [0.2, 0.25) is 18.1 Å². The molecule has 0 unspecified atom stereocenters. The monoisotopic (exact) mass is 333 g/mol. The van der Waals surface area contributed by atoms with Crippen LogP contribution in [0.3, 0.4) is 0 Å². The Hall–Kier alpha value is -0.933. The lowest BCUT2D eigenvalue weighted by Gasteiger charge is -2.36. The molecule has 23 heavy (non-hydrogen) atoms.